The zero-order valence-corrected chi connectivity index (χ0v) is 18.3. The van der Waals surface area contributed by atoms with Crippen LogP contribution in [0.15, 0.2) is 35.3 Å². The zero-order chi connectivity index (χ0) is 18.1. The van der Waals surface area contributed by atoms with Crippen molar-refractivity contribution >= 4 is 41.5 Å². The molecule has 0 radical (unpaired) electrons. The summed E-state index contributed by atoms with van der Waals surface area (Å²) >= 11 is 0. The van der Waals surface area contributed by atoms with Crippen molar-refractivity contribution in [2.75, 3.05) is 38.1 Å². The molecule has 1 amide bonds. The predicted molar refractivity (Wildman–Crippen MR) is 119 cm³/mol. The number of hydrogen-bond donors (Lipinski definition) is 3. The summed E-state index contributed by atoms with van der Waals surface area (Å²) in [4.78, 5) is 18.2. The van der Waals surface area contributed by atoms with E-state index < -0.39 is 0 Å². The van der Waals surface area contributed by atoms with E-state index in [2.05, 4.69) is 56.2 Å². The SMILES string of the molecule is CN=C(NCCNC(=O)C(C)C)NC1CCN(c2ccccc2)CC1.I. The highest BCUT2D eigenvalue weighted by Crippen LogP contribution is 2.19. The van der Waals surface area contributed by atoms with Crippen molar-refractivity contribution in [2.24, 2.45) is 10.9 Å². The van der Waals surface area contributed by atoms with Crippen LogP contribution in [0.3, 0.4) is 0 Å². The van der Waals surface area contributed by atoms with Gasteiger partial charge in [-0.1, -0.05) is 32.0 Å². The van der Waals surface area contributed by atoms with Crippen molar-refractivity contribution in [2.45, 2.75) is 32.7 Å². The molecule has 146 valence electrons. The summed E-state index contributed by atoms with van der Waals surface area (Å²) in [5, 5.41) is 9.65. The Bertz CT molecular complexity index is 556. The van der Waals surface area contributed by atoms with E-state index in [4.69, 9.17) is 0 Å². The van der Waals surface area contributed by atoms with E-state index in [1.165, 1.54) is 5.69 Å². The number of benzene rings is 1. The summed E-state index contributed by atoms with van der Waals surface area (Å²) in [5.41, 5.74) is 1.30. The van der Waals surface area contributed by atoms with E-state index in [1.807, 2.05) is 13.8 Å². The molecule has 1 heterocycles. The van der Waals surface area contributed by atoms with Crippen LogP contribution in [-0.2, 0) is 4.79 Å². The Hall–Kier alpha value is -1.51. The van der Waals surface area contributed by atoms with Gasteiger partial charge in [0.05, 0.1) is 0 Å². The molecule has 0 aromatic heterocycles. The van der Waals surface area contributed by atoms with E-state index in [0.29, 0.717) is 19.1 Å². The van der Waals surface area contributed by atoms with Gasteiger partial charge < -0.3 is 20.9 Å². The summed E-state index contributed by atoms with van der Waals surface area (Å²) in [6.07, 6.45) is 2.17. The van der Waals surface area contributed by atoms with Crippen LogP contribution in [0, 0.1) is 5.92 Å². The smallest absolute Gasteiger partial charge is 0.222 e. The highest BCUT2D eigenvalue weighted by molar-refractivity contribution is 14.0. The minimum absolute atomic E-state index is 0. The number of anilines is 1. The van der Waals surface area contributed by atoms with Crippen LogP contribution in [0.2, 0.25) is 0 Å². The lowest BCUT2D eigenvalue weighted by Crippen LogP contribution is -2.49. The van der Waals surface area contributed by atoms with Crippen LogP contribution < -0.4 is 20.9 Å². The molecule has 0 atom stereocenters. The molecular weight excluding hydrogens is 441 g/mol. The van der Waals surface area contributed by atoms with Crippen LogP contribution in [0.4, 0.5) is 5.69 Å². The molecule has 0 bridgehead atoms. The first-order chi connectivity index (χ1) is 12.1. The third-order valence-electron chi connectivity index (χ3n) is 4.42. The number of hydrogen-bond acceptors (Lipinski definition) is 3. The molecule has 0 unspecified atom stereocenters. The summed E-state index contributed by atoms with van der Waals surface area (Å²) in [7, 11) is 1.78. The first kappa shape index (κ1) is 22.5. The van der Waals surface area contributed by atoms with Crippen LogP contribution in [0.5, 0.6) is 0 Å². The normalized spacial score (nSPS) is 15.4. The number of nitrogens with one attached hydrogen (secondary N) is 3. The van der Waals surface area contributed by atoms with Crippen LogP contribution in [0.25, 0.3) is 0 Å². The Labute approximate surface area is 174 Å². The lowest BCUT2D eigenvalue weighted by molar-refractivity contribution is -0.123. The highest BCUT2D eigenvalue weighted by Gasteiger charge is 2.20. The zero-order valence-electron chi connectivity index (χ0n) is 16.0. The molecule has 0 spiro atoms. The van der Waals surface area contributed by atoms with Gasteiger partial charge in [0.1, 0.15) is 0 Å². The van der Waals surface area contributed by atoms with Crippen molar-refractivity contribution in [3.63, 3.8) is 0 Å². The van der Waals surface area contributed by atoms with Gasteiger partial charge in [0.15, 0.2) is 5.96 Å². The molecule has 3 N–H and O–H groups in total. The molecule has 1 aliphatic heterocycles. The molecule has 1 fully saturated rings. The standard InChI is InChI=1S/C19H31N5O.HI/c1-15(2)18(25)21-11-12-22-19(20-3)23-16-9-13-24(14-10-16)17-7-5-4-6-8-17;/h4-8,15-16H,9-14H2,1-3H3,(H,21,25)(H2,20,22,23);1H. The first-order valence-electron chi connectivity index (χ1n) is 9.15. The average molecular weight is 473 g/mol. The summed E-state index contributed by atoms with van der Waals surface area (Å²) < 4.78 is 0. The molecular formula is C19H32IN5O. The van der Waals surface area contributed by atoms with E-state index in [9.17, 15) is 4.79 Å². The molecule has 1 aliphatic rings. The molecule has 1 aromatic rings. The number of para-hydroxylation sites is 1. The number of guanidine groups is 1. The summed E-state index contributed by atoms with van der Waals surface area (Å²) in [6.45, 7) is 7.15. The van der Waals surface area contributed by atoms with Crippen molar-refractivity contribution in [3.8, 4) is 0 Å². The fraction of sp³-hybridized carbons (Fsp3) is 0.579. The highest BCUT2D eigenvalue weighted by atomic mass is 127. The van der Waals surface area contributed by atoms with Gasteiger partial charge in [0.25, 0.3) is 0 Å². The minimum atomic E-state index is 0. The lowest BCUT2D eigenvalue weighted by Gasteiger charge is -2.34. The van der Waals surface area contributed by atoms with Crippen molar-refractivity contribution in [1.29, 1.82) is 0 Å². The summed E-state index contributed by atoms with van der Waals surface area (Å²) in [6, 6.07) is 11.0. The largest absolute Gasteiger partial charge is 0.371 e. The van der Waals surface area contributed by atoms with Crippen LogP contribution in [-0.4, -0.2) is 51.1 Å². The second-order valence-electron chi connectivity index (χ2n) is 6.69. The maximum absolute atomic E-state index is 11.5. The predicted octanol–water partition coefficient (Wildman–Crippen LogP) is 2.21. The number of rotatable bonds is 6. The van der Waals surface area contributed by atoms with Crippen LogP contribution >= 0.6 is 24.0 Å². The molecule has 7 heteroatoms. The number of amides is 1. The number of aliphatic imine (C=N–C) groups is 1. The number of nitrogens with zero attached hydrogens (tertiary/aromatic N) is 2. The first-order valence-corrected chi connectivity index (χ1v) is 9.15. The number of piperidine rings is 1. The molecule has 26 heavy (non-hydrogen) atoms. The number of carbonyl (C=O) groups excluding carboxylic acids is 1. The lowest BCUT2D eigenvalue weighted by atomic mass is 10.0. The van der Waals surface area contributed by atoms with Gasteiger partial charge in [-0.25, -0.2) is 0 Å². The average Bonchev–Trinajstić information content (AvgIpc) is 2.65. The van der Waals surface area contributed by atoms with Crippen molar-refractivity contribution in [1.82, 2.24) is 16.0 Å². The topological polar surface area (TPSA) is 68.8 Å². The molecule has 6 nitrogen and oxygen atoms in total. The van der Waals surface area contributed by atoms with E-state index in [-0.39, 0.29) is 35.8 Å². The number of halogens is 1. The fourth-order valence-corrected chi connectivity index (χ4v) is 2.88. The van der Waals surface area contributed by atoms with Gasteiger partial charge in [-0.2, -0.15) is 0 Å². The number of carbonyl (C=O) groups is 1. The second-order valence-corrected chi connectivity index (χ2v) is 6.69. The Kier molecular flexibility index (Phi) is 10.4. The molecule has 1 saturated heterocycles. The molecule has 0 saturated carbocycles. The summed E-state index contributed by atoms with van der Waals surface area (Å²) in [5.74, 6) is 0.905. The van der Waals surface area contributed by atoms with E-state index in [1.54, 1.807) is 7.05 Å². The fourth-order valence-electron chi connectivity index (χ4n) is 2.88. The Morgan fingerprint density at radius 3 is 2.35 bits per heavy atom. The third kappa shape index (κ3) is 7.39. The quantitative estimate of drug-likeness (QED) is 0.257. The van der Waals surface area contributed by atoms with Gasteiger partial charge in [-0.15, -0.1) is 24.0 Å². The maximum Gasteiger partial charge on any atom is 0.222 e. The van der Waals surface area contributed by atoms with Gasteiger partial charge in [-0.05, 0) is 25.0 Å². The molecule has 1 aromatic carbocycles. The van der Waals surface area contributed by atoms with Crippen molar-refractivity contribution < 1.29 is 4.79 Å². The van der Waals surface area contributed by atoms with E-state index >= 15 is 0 Å². The second kappa shape index (κ2) is 12.0. The molecule has 0 aliphatic carbocycles. The van der Waals surface area contributed by atoms with Gasteiger partial charge >= 0.3 is 0 Å². The van der Waals surface area contributed by atoms with Gasteiger partial charge in [0.2, 0.25) is 5.91 Å². The minimum Gasteiger partial charge on any atom is -0.371 e. The third-order valence-corrected chi connectivity index (χ3v) is 4.42. The van der Waals surface area contributed by atoms with Crippen molar-refractivity contribution in [3.05, 3.63) is 30.3 Å². The Balaban J connectivity index is 0.00000338. The van der Waals surface area contributed by atoms with Crippen LogP contribution in [0.1, 0.15) is 26.7 Å². The maximum atomic E-state index is 11.5. The Morgan fingerprint density at radius 2 is 1.77 bits per heavy atom. The van der Waals surface area contributed by atoms with Gasteiger partial charge in [-0.3, -0.25) is 9.79 Å². The monoisotopic (exact) mass is 473 g/mol. The van der Waals surface area contributed by atoms with Gasteiger partial charge in [0, 0.05) is 50.9 Å². The Morgan fingerprint density at radius 1 is 1.15 bits per heavy atom. The molecule has 2 rings (SSSR count). The van der Waals surface area contributed by atoms with E-state index in [0.717, 1.165) is 31.9 Å².